The molecule has 0 saturated heterocycles. The minimum atomic E-state index is 0.137. The molecular formula is C16H27N3O. The maximum atomic E-state index is 11.8. The van der Waals surface area contributed by atoms with Crippen molar-refractivity contribution in [1.82, 2.24) is 10.2 Å². The maximum absolute atomic E-state index is 11.8. The Morgan fingerprint density at radius 1 is 1.15 bits per heavy atom. The summed E-state index contributed by atoms with van der Waals surface area (Å²) in [5.41, 5.74) is 1.18. The minimum absolute atomic E-state index is 0.137. The summed E-state index contributed by atoms with van der Waals surface area (Å²) >= 11 is 0. The van der Waals surface area contributed by atoms with Crippen LogP contribution in [0.5, 0.6) is 0 Å². The van der Waals surface area contributed by atoms with Crippen LogP contribution in [0.25, 0.3) is 0 Å². The van der Waals surface area contributed by atoms with Crippen LogP contribution in [0.4, 0.5) is 5.69 Å². The van der Waals surface area contributed by atoms with Gasteiger partial charge in [0.1, 0.15) is 0 Å². The third-order valence-electron chi connectivity index (χ3n) is 3.22. The second kappa shape index (κ2) is 9.37. The van der Waals surface area contributed by atoms with Crippen LogP contribution in [0.1, 0.15) is 19.8 Å². The summed E-state index contributed by atoms with van der Waals surface area (Å²) in [5, 5.41) is 2.98. The van der Waals surface area contributed by atoms with Crippen LogP contribution < -0.4 is 10.2 Å². The smallest absolute Gasteiger partial charge is 0.221 e. The highest BCUT2D eigenvalue weighted by atomic mass is 16.1. The summed E-state index contributed by atoms with van der Waals surface area (Å²) < 4.78 is 0. The van der Waals surface area contributed by atoms with Crippen molar-refractivity contribution in [1.29, 1.82) is 0 Å². The van der Waals surface area contributed by atoms with Gasteiger partial charge in [0.2, 0.25) is 5.91 Å². The molecule has 0 saturated carbocycles. The standard InChI is InChI=1S/C16H27N3O/c1-4-19(15-9-6-5-7-10-15)14-11-16(20)17-12-8-13-18(2)3/h5-7,9-10H,4,8,11-14H2,1-3H3,(H,17,20). The number of hydrogen-bond donors (Lipinski definition) is 1. The molecule has 0 atom stereocenters. The summed E-state index contributed by atoms with van der Waals surface area (Å²) in [6.45, 7) is 5.56. The molecule has 0 aliphatic rings. The molecule has 0 fully saturated rings. The van der Waals surface area contributed by atoms with Gasteiger partial charge in [-0.05, 0) is 46.1 Å². The molecule has 0 aromatic heterocycles. The molecular weight excluding hydrogens is 250 g/mol. The molecule has 1 amide bonds. The van der Waals surface area contributed by atoms with E-state index < -0.39 is 0 Å². The van der Waals surface area contributed by atoms with Crippen molar-refractivity contribution in [2.75, 3.05) is 45.2 Å². The van der Waals surface area contributed by atoms with Crippen molar-refractivity contribution in [2.45, 2.75) is 19.8 Å². The quantitative estimate of drug-likeness (QED) is 0.701. The van der Waals surface area contributed by atoms with E-state index in [4.69, 9.17) is 0 Å². The maximum Gasteiger partial charge on any atom is 0.221 e. The third kappa shape index (κ3) is 6.57. The van der Waals surface area contributed by atoms with Crippen molar-refractivity contribution in [3.05, 3.63) is 30.3 Å². The lowest BCUT2D eigenvalue weighted by Crippen LogP contribution is -2.32. The van der Waals surface area contributed by atoms with E-state index >= 15 is 0 Å². The van der Waals surface area contributed by atoms with Gasteiger partial charge in [0, 0.05) is 31.7 Å². The normalized spacial score (nSPS) is 10.6. The zero-order valence-electron chi connectivity index (χ0n) is 12.9. The van der Waals surface area contributed by atoms with E-state index in [2.05, 4.69) is 34.2 Å². The van der Waals surface area contributed by atoms with E-state index in [9.17, 15) is 4.79 Å². The number of carbonyl (C=O) groups excluding carboxylic acids is 1. The number of nitrogens with zero attached hydrogens (tertiary/aromatic N) is 2. The van der Waals surface area contributed by atoms with E-state index in [1.54, 1.807) is 0 Å². The third-order valence-corrected chi connectivity index (χ3v) is 3.22. The van der Waals surface area contributed by atoms with Gasteiger partial charge in [-0.25, -0.2) is 0 Å². The number of rotatable bonds is 9. The first-order valence-electron chi connectivity index (χ1n) is 7.35. The Bertz CT molecular complexity index is 379. The number of para-hydroxylation sites is 1. The Balaban J connectivity index is 2.25. The lowest BCUT2D eigenvalue weighted by molar-refractivity contribution is -0.120. The first-order chi connectivity index (χ1) is 9.63. The molecule has 0 aliphatic carbocycles. The minimum Gasteiger partial charge on any atom is -0.371 e. The number of nitrogens with one attached hydrogen (secondary N) is 1. The molecule has 1 aromatic carbocycles. The molecule has 112 valence electrons. The summed E-state index contributed by atoms with van der Waals surface area (Å²) in [6.07, 6.45) is 1.54. The molecule has 0 radical (unpaired) electrons. The highest BCUT2D eigenvalue weighted by Gasteiger charge is 2.07. The monoisotopic (exact) mass is 277 g/mol. The van der Waals surface area contributed by atoms with Crippen molar-refractivity contribution in [3.63, 3.8) is 0 Å². The highest BCUT2D eigenvalue weighted by Crippen LogP contribution is 2.12. The van der Waals surface area contributed by atoms with Crippen LogP contribution in [0.3, 0.4) is 0 Å². The van der Waals surface area contributed by atoms with Crippen LogP contribution in [-0.2, 0) is 4.79 Å². The van der Waals surface area contributed by atoms with Gasteiger partial charge in [0.15, 0.2) is 0 Å². The van der Waals surface area contributed by atoms with Crippen molar-refractivity contribution < 1.29 is 4.79 Å². The summed E-state index contributed by atoms with van der Waals surface area (Å²) in [6, 6.07) is 10.2. The largest absolute Gasteiger partial charge is 0.371 e. The number of carbonyl (C=O) groups is 1. The molecule has 1 N–H and O–H groups in total. The van der Waals surface area contributed by atoms with E-state index in [1.807, 2.05) is 32.3 Å². The Morgan fingerprint density at radius 3 is 2.45 bits per heavy atom. The van der Waals surface area contributed by atoms with Crippen LogP contribution in [-0.4, -0.2) is 51.1 Å². The fourth-order valence-corrected chi connectivity index (χ4v) is 2.06. The molecule has 0 unspecified atom stereocenters. The average molecular weight is 277 g/mol. The van der Waals surface area contributed by atoms with Crippen LogP contribution >= 0.6 is 0 Å². The Labute approximate surface area is 122 Å². The van der Waals surface area contributed by atoms with Gasteiger partial charge in [-0.15, -0.1) is 0 Å². The summed E-state index contributed by atoms with van der Waals surface area (Å²) in [5.74, 6) is 0.137. The SMILES string of the molecule is CCN(CCC(=O)NCCCN(C)C)c1ccccc1. The molecule has 0 bridgehead atoms. The number of anilines is 1. The molecule has 1 rings (SSSR count). The lowest BCUT2D eigenvalue weighted by Gasteiger charge is -2.22. The van der Waals surface area contributed by atoms with E-state index in [0.29, 0.717) is 6.42 Å². The van der Waals surface area contributed by atoms with Crippen LogP contribution in [0, 0.1) is 0 Å². The van der Waals surface area contributed by atoms with Crippen molar-refractivity contribution in [3.8, 4) is 0 Å². The van der Waals surface area contributed by atoms with E-state index in [1.165, 1.54) is 5.69 Å². The van der Waals surface area contributed by atoms with Gasteiger partial charge < -0.3 is 15.1 Å². The highest BCUT2D eigenvalue weighted by molar-refractivity contribution is 5.76. The van der Waals surface area contributed by atoms with E-state index in [0.717, 1.165) is 32.6 Å². The van der Waals surface area contributed by atoms with Gasteiger partial charge in [-0.2, -0.15) is 0 Å². The fourth-order valence-electron chi connectivity index (χ4n) is 2.06. The Hall–Kier alpha value is -1.55. The number of benzene rings is 1. The molecule has 1 aromatic rings. The summed E-state index contributed by atoms with van der Waals surface area (Å²) in [7, 11) is 4.08. The average Bonchev–Trinajstić information content (AvgIpc) is 2.45. The van der Waals surface area contributed by atoms with E-state index in [-0.39, 0.29) is 5.91 Å². The van der Waals surface area contributed by atoms with Gasteiger partial charge in [0.25, 0.3) is 0 Å². The van der Waals surface area contributed by atoms with Gasteiger partial charge in [-0.3, -0.25) is 4.79 Å². The predicted octanol–water partition coefficient (Wildman–Crippen LogP) is 1.97. The zero-order valence-corrected chi connectivity index (χ0v) is 12.9. The van der Waals surface area contributed by atoms with Crippen LogP contribution in [0.2, 0.25) is 0 Å². The Kier molecular flexibility index (Phi) is 7.73. The molecule has 0 heterocycles. The van der Waals surface area contributed by atoms with Crippen LogP contribution in [0.15, 0.2) is 30.3 Å². The topological polar surface area (TPSA) is 35.6 Å². The van der Waals surface area contributed by atoms with Crippen molar-refractivity contribution in [2.24, 2.45) is 0 Å². The molecule has 4 nitrogen and oxygen atoms in total. The number of amides is 1. The lowest BCUT2D eigenvalue weighted by atomic mass is 10.2. The Morgan fingerprint density at radius 2 is 1.85 bits per heavy atom. The first kappa shape index (κ1) is 16.5. The number of hydrogen-bond acceptors (Lipinski definition) is 3. The molecule has 4 heteroatoms. The first-order valence-corrected chi connectivity index (χ1v) is 7.35. The van der Waals surface area contributed by atoms with Gasteiger partial charge >= 0.3 is 0 Å². The summed E-state index contributed by atoms with van der Waals surface area (Å²) in [4.78, 5) is 16.1. The van der Waals surface area contributed by atoms with Gasteiger partial charge in [0.05, 0.1) is 0 Å². The molecule has 0 aliphatic heterocycles. The second-order valence-electron chi connectivity index (χ2n) is 5.17. The molecule has 0 spiro atoms. The van der Waals surface area contributed by atoms with Crippen molar-refractivity contribution >= 4 is 11.6 Å². The zero-order chi connectivity index (χ0) is 14.8. The predicted molar refractivity (Wildman–Crippen MR) is 85.1 cm³/mol. The fraction of sp³-hybridized carbons (Fsp3) is 0.562. The second-order valence-corrected chi connectivity index (χ2v) is 5.17. The molecule has 20 heavy (non-hydrogen) atoms. The van der Waals surface area contributed by atoms with Gasteiger partial charge in [-0.1, -0.05) is 18.2 Å².